The molecule has 0 spiro atoms. The van der Waals surface area contributed by atoms with E-state index in [1.807, 2.05) is 6.92 Å². The number of aliphatic hydroxyl groups is 1. The van der Waals surface area contributed by atoms with Crippen LogP contribution in [0.15, 0.2) is 12.2 Å². The summed E-state index contributed by atoms with van der Waals surface area (Å²) in [4.78, 5) is 16.1. The Balaban J connectivity index is 1.67. The first kappa shape index (κ1) is 16.3. The molecule has 2 fully saturated rings. The predicted octanol–water partition coefficient (Wildman–Crippen LogP) is 1.44. The van der Waals surface area contributed by atoms with Crippen molar-refractivity contribution in [2.75, 3.05) is 33.2 Å². The predicted molar refractivity (Wildman–Crippen MR) is 84.2 cm³/mol. The SMILES string of the molecule is C=C(C)CN1CCC(NC(=O)N(C)CC(O)C2CC2)CC1. The van der Waals surface area contributed by atoms with Crippen LogP contribution in [0.1, 0.15) is 32.6 Å². The lowest BCUT2D eigenvalue weighted by atomic mass is 10.0. The van der Waals surface area contributed by atoms with E-state index in [4.69, 9.17) is 0 Å². The third-order valence-corrected chi connectivity index (χ3v) is 4.38. The summed E-state index contributed by atoms with van der Waals surface area (Å²) in [5.41, 5.74) is 1.19. The van der Waals surface area contributed by atoms with Gasteiger partial charge < -0.3 is 15.3 Å². The van der Waals surface area contributed by atoms with Crippen LogP contribution < -0.4 is 5.32 Å². The van der Waals surface area contributed by atoms with Gasteiger partial charge in [-0.2, -0.15) is 0 Å². The van der Waals surface area contributed by atoms with Crippen LogP contribution in [0.25, 0.3) is 0 Å². The van der Waals surface area contributed by atoms with Gasteiger partial charge in [0.1, 0.15) is 0 Å². The van der Waals surface area contributed by atoms with Crippen molar-refractivity contribution in [1.82, 2.24) is 15.1 Å². The molecule has 1 saturated carbocycles. The van der Waals surface area contributed by atoms with Gasteiger partial charge in [0.15, 0.2) is 0 Å². The standard InChI is InChI=1S/C16H29N3O2/c1-12(2)10-19-8-6-14(7-9-19)17-16(21)18(3)11-15(20)13-4-5-13/h13-15,20H,1,4-11H2,2-3H3,(H,17,21). The fraction of sp³-hybridized carbons (Fsp3) is 0.812. The molecule has 0 radical (unpaired) electrons. The van der Waals surface area contributed by atoms with Crippen molar-refractivity contribution in [1.29, 1.82) is 0 Å². The molecule has 1 saturated heterocycles. The van der Waals surface area contributed by atoms with Crippen LogP contribution in [0.3, 0.4) is 0 Å². The van der Waals surface area contributed by atoms with Crippen molar-refractivity contribution in [2.24, 2.45) is 5.92 Å². The van der Waals surface area contributed by atoms with Gasteiger partial charge in [-0.05, 0) is 38.5 Å². The number of likely N-dealkylation sites (N-methyl/N-ethyl adjacent to an activating group) is 1. The normalized spacial score (nSPS) is 21.9. The number of urea groups is 1. The highest BCUT2D eigenvalue weighted by Crippen LogP contribution is 2.32. The molecule has 2 aliphatic rings. The summed E-state index contributed by atoms with van der Waals surface area (Å²) in [5.74, 6) is 0.408. The molecule has 0 aromatic heterocycles. The Labute approximate surface area is 128 Å². The number of piperidine rings is 1. The van der Waals surface area contributed by atoms with E-state index < -0.39 is 0 Å². The van der Waals surface area contributed by atoms with Gasteiger partial charge in [-0.15, -0.1) is 0 Å². The second kappa shape index (κ2) is 7.27. The summed E-state index contributed by atoms with van der Waals surface area (Å²) in [7, 11) is 1.76. The number of likely N-dealkylation sites (tertiary alicyclic amines) is 1. The van der Waals surface area contributed by atoms with E-state index in [2.05, 4.69) is 16.8 Å². The Kier molecular flexibility index (Phi) is 5.65. The first-order valence-electron chi connectivity index (χ1n) is 8.02. The largest absolute Gasteiger partial charge is 0.391 e. The molecule has 0 bridgehead atoms. The highest BCUT2D eigenvalue weighted by Gasteiger charge is 2.31. The molecule has 1 aliphatic carbocycles. The molecule has 0 aromatic rings. The number of amides is 2. The maximum absolute atomic E-state index is 12.1. The Morgan fingerprint density at radius 3 is 2.52 bits per heavy atom. The Morgan fingerprint density at radius 2 is 2.00 bits per heavy atom. The smallest absolute Gasteiger partial charge is 0.317 e. The van der Waals surface area contributed by atoms with Crippen molar-refractivity contribution >= 4 is 6.03 Å². The van der Waals surface area contributed by atoms with Crippen LogP contribution >= 0.6 is 0 Å². The Bertz CT molecular complexity index is 374. The zero-order chi connectivity index (χ0) is 15.4. The molecular formula is C16H29N3O2. The number of hydrogen-bond acceptors (Lipinski definition) is 3. The van der Waals surface area contributed by atoms with E-state index >= 15 is 0 Å². The highest BCUT2D eigenvalue weighted by atomic mass is 16.3. The van der Waals surface area contributed by atoms with Crippen molar-refractivity contribution in [3.05, 3.63) is 12.2 Å². The van der Waals surface area contributed by atoms with Crippen molar-refractivity contribution in [2.45, 2.75) is 44.8 Å². The topological polar surface area (TPSA) is 55.8 Å². The van der Waals surface area contributed by atoms with Crippen molar-refractivity contribution in [3.8, 4) is 0 Å². The minimum atomic E-state index is -0.363. The third kappa shape index (κ3) is 5.32. The van der Waals surface area contributed by atoms with Gasteiger partial charge in [-0.3, -0.25) is 4.90 Å². The summed E-state index contributed by atoms with van der Waals surface area (Å²) in [6.07, 6.45) is 3.80. The lowest BCUT2D eigenvalue weighted by molar-refractivity contribution is 0.111. The lowest BCUT2D eigenvalue weighted by Gasteiger charge is -2.33. The number of nitrogens with one attached hydrogen (secondary N) is 1. The van der Waals surface area contributed by atoms with Crippen LogP contribution in [0.4, 0.5) is 4.79 Å². The van der Waals surface area contributed by atoms with Crippen molar-refractivity contribution in [3.63, 3.8) is 0 Å². The maximum Gasteiger partial charge on any atom is 0.317 e. The Morgan fingerprint density at radius 1 is 1.38 bits per heavy atom. The van der Waals surface area contributed by atoms with E-state index in [0.717, 1.165) is 45.3 Å². The number of rotatable bonds is 6. The molecule has 5 heteroatoms. The number of hydrogen-bond donors (Lipinski definition) is 2. The molecule has 0 aromatic carbocycles. The molecule has 120 valence electrons. The second-order valence-corrected chi connectivity index (χ2v) is 6.74. The van der Waals surface area contributed by atoms with Crippen LogP contribution in [0.2, 0.25) is 0 Å². The molecule has 1 aliphatic heterocycles. The first-order valence-corrected chi connectivity index (χ1v) is 8.02. The average Bonchev–Trinajstić information content (AvgIpc) is 3.24. The number of carbonyl (C=O) groups is 1. The number of carbonyl (C=O) groups excluding carboxylic acids is 1. The summed E-state index contributed by atoms with van der Waals surface area (Å²) in [5, 5.41) is 13.0. The van der Waals surface area contributed by atoms with E-state index in [9.17, 15) is 9.90 Å². The fourth-order valence-electron chi connectivity index (χ4n) is 2.90. The molecule has 2 N–H and O–H groups in total. The maximum atomic E-state index is 12.1. The quantitative estimate of drug-likeness (QED) is 0.729. The fourth-order valence-corrected chi connectivity index (χ4v) is 2.90. The number of aliphatic hydroxyl groups excluding tert-OH is 1. The summed E-state index contributed by atoms with van der Waals surface area (Å²) in [6.45, 7) is 9.39. The van der Waals surface area contributed by atoms with Gasteiger partial charge >= 0.3 is 6.03 Å². The summed E-state index contributed by atoms with van der Waals surface area (Å²) < 4.78 is 0. The molecule has 21 heavy (non-hydrogen) atoms. The minimum absolute atomic E-state index is 0.0620. The summed E-state index contributed by atoms with van der Waals surface area (Å²) in [6, 6.07) is 0.187. The molecule has 2 amide bonds. The minimum Gasteiger partial charge on any atom is -0.391 e. The van der Waals surface area contributed by atoms with Crippen molar-refractivity contribution < 1.29 is 9.90 Å². The van der Waals surface area contributed by atoms with Gasteiger partial charge in [0, 0.05) is 39.3 Å². The van der Waals surface area contributed by atoms with Crippen LogP contribution in [-0.2, 0) is 0 Å². The molecule has 2 rings (SSSR count). The van der Waals surface area contributed by atoms with E-state index in [1.165, 1.54) is 5.57 Å². The van der Waals surface area contributed by atoms with Gasteiger partial charge in [0.2, 0.25) is 0 Å². The van der Waals surface area contributed by atoms with Gasteiger partial charge in [0.05, 0.1) is 6.10 Å². The molecule has 1 heterocycles. The van der Waals surface area contributed by atoms with Crippen LogP contribution in [0.5, 0.6) is 0 Å². The van der Waals surface area contributed by atoms with Gasteiger partial charge in [-0.1, -0.05) is 12.2 Å². The second-order valence-electron chi connectivity index (χ2n) is 6.74. The monoisotopic (exact) mass is 295 g/mol. The average molecular weight is 295 g/mol. The molecule has 1 atom stereocenters. The van der Waals surface area contributed by atoms with Crippen LogP contribution in [-0.4, -0.2) is 66.3 Å². The van der Waals surface area contributed by atoms with Crippen LogP contribution in [0, 0.1) is 5.92 Å². The third-order valence-electron chi connectivity index (χ3n) is 4.38. The molecule has 5 nitrogen and oxygen atoms in total. The lowest BCUT2D eigenvalue weighted by Crippen LogP contribution is -2.49. The van der Waals surface area contributed by atoms with Gasteiger partial charge in [-0.25, -0.2) is 4.79 Å². The zero-order valence-corrected chi connectivity index (χ0v) is 13.3. The Hall–Kier alpha value is -1.07. The molecular weight excluding hydrogens is 266 g/mol. The number of nitrogens with zero attached hydrogens (tertiary/aromatic N) is 2. The van der Waals surface area contributed by atoms with E-state index in [0.29, 0.717) is 12.5 Å². The van der Waals surface area contributed by atoms with E-state index in [1.54, 1.807) is 11.9 Å². The van der Waals surface area contributed by atoms with E-state index in [-0.39, 0.29) is 18.2 Å². The van der Waals surface area contributed by atoms with Gasteiger partial charge in [0.25, 0.3) is 0 Å². The first-order chi connectivity index (χ1) is 9.95. The highest BCUT2D eigenvalue weighted by molar-refractivity contribution is 5.74. The summed E-state index contributed by atoms with van der Waals surface area (Å²) >= 11 is 0. The zero-order valence-electron chi connectivity index (χ0n) is 13.3. The molecule has 1 unspecified atom stereocenters.